The number of amides is 1. The number of hydrogen-bond donors (Lipinski definition) is 2. The zero-order valence-corrected chi connectivity index (χ0v) is 14.0. The lowest BCUT2D eigenvalue weighted by Gasteiger charge is -2.21. The molecule has 0 heterocycles. The molecule has 24 heavy (non-hydrogen) atoms. The maximum absolute atomic E-state index is 12.0. The van der Waals surface area contributed by atoms with Gasteiger partial charge in [-0.2, -0.15) is 5.26 Å². The van der Waals surface area contributed by atoms with Crippen LogP contribution < -0.4 is 15.5 Å². The second kappa shape index (κ2) is 8.59. The predicted octanol–water partition coefficient (Wildman–Crippen LogP) is 3.46. The molecule has 0 aliphatic rings. The first-order chi connectivity index (χ1) is 11.7. The van der Waals surface area contributed by atoms with Gasteiger partial charge in [0, 0.05) is 24.5 Å². The average Bonchev–Trinajstić information content (AvgIpc) is 2.62. The van der Waals surface area contributed by atoms with Crippen LogP contribution in [0.25, 0.3) is 0 Å². The lowest BCUT2D eigenvalue weighted by Crippen LogP contribution is -2.23. The highest BCUT2D eigenvalue weighted by Gasteiger charge is 2.06. The molecule has 0 saturated heterocycles. The van der Waals surface area contributed by atoms with Crippen molar-refractivity contribution in [1.82, 2.24) is 0 Å². The first-order valence-electron chi connectivity index (χ1n) is 8.05. The topological polar surface area (TPSA) is 68.2 Å². The van der Waals surface area contributed by atoms with E-state index in [1.165, 1.54) is 0 Å². The quantitative estimate of drug-likeness (QED) is 0.819. The minimum atomic E-state index is -0.154. The summed E-state index contributed by atoms with van der Waals surface area (Å²) in [6.07, 6.45) is 0. The molecule has 0 aliphatic carbocycles. The Morgan fingerprint density at radius 1 is 1.08 bits per heavy atom. The molecule has 0 radical (unpaired) electrons. The van der Waals surface area contributed by atoms with E-state index >= 15 is 0 Å². The molecular formula is C19H22N4O. The minimum absolute atomic E-state index is 0.108. The van der Waals surface area contributed by atoms with E-state index in [9.17, 15) is 4.79 Å². The predicted molar refractivity (Wildman–Crippen MR) is 98.3 cm³/mol. The van der Waals surface area contributed by atoms with Gasteiger partial charge in [-0.3, -0.25) is 4.79 Å². The van der Waals surface area contributed by atoms with Crippen LogP contribution in [0.15, 0.2) is 48.5 Å². The number of carbonyl (C=O) groups is 1. The first kappa shape index (κ1) is 17.4. The van der Waals surface area contributed by atoms with Crippen molar-refractivity contribution >= 4 is 23.0 Å². The molecular weight excluding hydrogens is 300 g/mol. The molecule has 0 unspecified atom stereocenters. The molecule has 0 aromatic heterocycles. The van der Waals surface area contributed by atoms with E-state index < -0.39 is 0 Å². The van der Waals surface area contributed by atoms with Crippen LogP contribution in [0.2, 0.25) is 0 Å². The molecule has 2 aromatic rings. The second-order valence-corrected chi connectivity index (χ2v) is 5.28. The number of carbonyl (C=O) groups excluding carboxylic acids is 1. The smallest absolute Gasteiger partial charge is 0.243 e. The number of para-hydroxylation sites is 1. The Balaban J connectivity index is 1.92. The van der Waals surface area contributed by atoms with Crippen molar-refractivity contribution in [2.45, 2.75) is 13.8 Å². The highest BCUT2D eigenvalue weighted by molar-refractivity contribution is 5.94. The molecule has 5 heteroatoms. The molecule has 0 aliphatic heterocycles. The van der Waals surface area contributed by atoms with E-state index in [4.69, 9.17) is 5.26 Å². The van der Waals surface area contributed by atoms with Gasteiger partial charge in [-0.25, -0.2) is 0 Å². The molecule has 2 rings (SSSR count). The number of nitrogens with zero attached hydrogens (tertiary/aromatic N) is 2. The molecule has 5 nitrogen and oxygen atoms in total. The van der Waals surface area contributed by atoms with E-state index in [1.807, 2.05) is 30.3 Å². The molecule has 1 amide bonds. The van der Waals surface area contributed by atoms with Crippen LogP contribution in [0.5, 0.6) is 0 Å². The molecule has 124 valence electrons. The summed E-state index contributed by atoms with van der Waals surface area (Å²) in [7, 11) is 0. The Morgan fingerprint density at radius 3 is 2.38 bits per heavy atom. The van der Waals surface area contributed by atoms with Crippen LogP contribution in [-0.2, 0) is 4.79 Å². The van der Waals surface area contributed by atoms with Crippen LogP contribution in [0.3, 0.4) is 0 Å². The number of rotatable bonds is 7. The van der Waals surface area contributed by atoms with Gasteiger partial charge in [-0.05, 0) is 50.2 Å². The van der Waals surface area contributed by atoms with Gasteiger partial charge in [0.25, 0.3) is 0 Å². The highest BCUT2D eigenvalue weighted by atomic mass is 16.1. The lowest BCUT2D eigenvalue weighted by atomic mass is 10.2. The maximum Gasteiger partial charge on any atom is 0.243 e. The fraction of sp³-hybridized carbons (Fsp3) is 0.263. The first-order valence-corrected chi connectivity index (χ1v) is 8.05. The number of anilines is 3. The lowest BCUT2D eigenvalue weighted by molar-refractivity contribution is -0.114. The van der Waals surface area contributed by atoms with Crippen molar-refractivity contribution in [2.75, 3.05) is 35.2 Å². The largest absolute Gasteiger partial charge is 0.375 e. The molecule has 0 bridgehead atoms. The van der Waals surface area contributed by atoms with Crippen molar-refractivity contribution in [2.24, 2.45) is 0 Å². The summed E-state index contributed by atoms with van der Waals surface area (Å²) in [5.74, 6) is -0.154. The van der Waals surface area contributed by atoms with Gasteiger partial charge in [-0.1, -0.05) is 12.1 Å². The van der Waals surface area contributed by atoms with Gasteiger partial charge in [-0.15, -0.1) is 0 Å². The summed E-state index contributed by atoms with van der Waals surface area (Å²) in [5.41, 5.74) is 3.08. The summed E-state index contributed by atoms with van der Waals surface area (Å²) in [6, 6.07) is 17.0. The van der Waals surface area contributed by atoms with Crippen molar-refractivity contribution in [3.8, 4) is 6.07 Å². The highest BCUT2D eigenvalue weighted by Crippen LogP contribution is 2.18. The van der Waals surface area contributed by atoms with E-state index in [0.717, 1.165) is 24.5 Å². The molecule has 0 saturated carbocycles. The Hall–Kier alpha value is -3.00. The van der Waals surface area contributed by atoms with Crippen molar-refractivity contribution in [3.05, 3.63) is 54.1 Å². The van der Waals surface area contributed by atoms with E-state index in [2.05, 4.69) is 35.5 Å². The summed E-state index contributed by atoms with van der Waals surface area (Å²) in [5, 5.41) is 14.9. The van der Waals surface area contributed by atoms with Gasteiger partial charge in [0.05, 0.1) is 17.8 Å². The van der Waals surface area contributed by atoms with Crippen molar-refractivity contribution < 1.29 is 4.79 Å². The number of hydrogen-bond acceptors (Lipinski definition) is 4. The van der Waals surface area contributed by atoms with Gasteiger partial charge in [0.1, 0.15) is 6.07 Å². The standard InChI is InChI=1S/C19H22N4O/c1-3-23(4-2)17-11-9-16(10-12-17)22-19(24)14-21-18-8-6-5-7-15(18)13-20/h5-12,21H,3-4,14H2,1-2H3,(H,22,24). The van der Waals surface area contributed by atoms with Crippen molar-refractivity contribution in [1.29, 1.82) is 5.26 Å². The summed E-state index contributed by atoms with van der Waals surface area (Å²) in [6.45, 7) is 6.24. The van der Waals surface area contributed by atoms with E-state index in [-0.39, 0.29) is 12.5 Å². The van der Waals surface area contributed by atoms with Crippen LogP contribution in [-0.4, -0.2) is 25.5 Å². The van der Waals surface area contributed by atoms with Crippen LogP contribution >= 0.6 is 0 Å². The summed E-state index contributed by atoms with van der Waals surface area (Å²) in [4.78, 5) is 14.3. The van der Waals surface area contributed by atoms with Gasteiger partial charge in [0.2, 0.25) is 5.91 Å². The minimum Gasteiger partial charge on any atom is -0.375 e. The van der Waals surface area contributed by atoms with E-state index in [0.29, 0.717) is 11.3 Å². The van der Waals surface area contributed by atoms with Crippen LogP contribution in [0, 0.1) is 11.3 Å². The number of nitriles is 1. The van der Waals surface area contributed by atoms with Crippen LogP contribution in [0.1, 0.15) is 19.4 Å². The van der Waals surface area contributed by atoms with Gasteiger partial charge in [0.15, 0.2) is 0 Å². The zero-order chi connectivity index (χ0) is 17.4. The SMILES string of the molecule is CCN(CC)c1ccc(NC(=O)CNc2ccccc2C#N)cc1. The van der Waals surface area contributed by atoms with E-state index in [1.54, 1.807) is 18.2 Å². The van der Waals surface area contributed by atoms with Crippen LogP contribution in [0.4, 0.5) is 17.1 Å². The maximum atomic E-state index is 12.0. The zero-order valence-electron chi connectivity index (χ0n) is 14.0. The summed E-state index contributed by atoms with van der Waals surface area (Å²) < 4.78 is 0. The Bertz CT molecular complexity index is 715. The average molecular weight is 322 g/mol. The molecule has 0 atom stereocenters. The van der Waals surface area contributed by atoms with Gasteiger partial charge < -0.3 is 15.5 Å². The molecule has 0 fully saturated rings. The Morgan fingerprint density at radius 2 is 1.75 bits per heavy atom. The number of nitrogens with one attached hydrogen (secondary N) is 2. The monoisotopic (exact) mass is 322 g/mol. The van der Waals surface area contributed by atoms with Gasteiger partial charge >= 0.3 is 0 Å². The summed E-state index contributed by atoms with van der Waals surface area (Å²) >= 11 is 0. The number of benzene rings is 2. The third-order valence-corrected chi connectivity index (χ3v) is 3.77. The third kappa shape index (κ3) is 4.50. The van der Waals surface area contributed by atoms with Crippen molar-refractivity contribution in [3.63, 3.8) is 0 Å². The Labute approximate surface area is 142 Å². The molecule has 2 aromatic carbocycles. The third-order valence-electron chi connectivity index (χ3n) is 3.77. The normalized spacial score (nSPS) is 9.88. The fourth-order valence-electron chi connectivity index (χ4n) is 2.46. The molecule has 2 N–H and O–H groups in total. The fourth-order valence-corrected chi connectivity index (χ4v) is 2.46. The second-order valence-electron chi connectivity index (χ2n) is 5.28. The Kier molecular flexibility index (Phi) is 6.21. The molecule has 0 spiro atoms.